The van der Waals surface area contributed by atoms with E-state index in [1.807, 2.05) is 19.1 Å². The third kappa shape index (κ3) is 5.68. The molecule has 1 aromatic carbocycles. The monoisotopic (exact) mass is 456 g/mol. The lowest BCUT2D eigenvalue weighted by Crippen LogP contribution is -2.38. The molecule has 1 heterocycles. The smallest absolute Gasteiger partial charge is 0.289 e. The number of hydrogen-bond donors (Lipinski definition) is 3. The predicted molar refractivity (Wildman–Crippen MR) is 130 cm³/mol. The molecule has 0 spiro atoms. The van der Waals surface area contributed by atoms with Crippen molar-refractivity contribution < 1.29 is 4.79 Å². The van der Waals surface area contributed by atoms with E-state index in [1.165, 1.54) is 12.8 Å². The number of nitrogens with two attached hydrogens (primary N) is 1. The highest BCUT2D eigenvalue weighted by molar-refractivity contribution is 6.31. The van der Waals surface area contributed by atoms with E-state index >= 15 is 0 Å². The van der Waals surface area contributed by atoms with Crippen molar-refractivity contribution in [3.8, 4) is 0 Å². The molecule has 4 rings (SSSR count). The number of hydrogen-bond acceptors (Lipinski definition) is 5. The van der Waals surface area contributed by atoms with Crippen molar-refractivity contribution in [3.05, 3.63) is 29.0 Å². The van der Waals surface area contributed by atoms with Crippen LogP contribution in [0.15, 0.2) is 23.2 Å². The second-order valence-corrected chi connectivity index (χ2v) is 9.53. The SMILES string of the molecule is CC(N)=N[C@@H]1CCCC[C@@H]1Nc1nc(C(=O)NC2CCCCCC2)nc2ccc(Cl)cc12. The molecule has 1 amide bonds. The molecule has 2 aliphatic carbocycles. The summed E-state index contributed by atoms with van der Waals surface area (Å²) in [6, 6.07) is 5.85. The number of carbonyl (C=O) groups is 1. The van der Waals surface area contributed by atoms with Crippen LogP contribution in [0.25, 0.3) is 10.9 Å². The Bertz CT molecular complexity index is 982. The standard InChI is InChI=1S/C24H33ClN6O/c1-15(26)27-20-10-6-7-11-21(20)30-22-18-14-16(25)12-13-19(18)29-23(31-22)24(32)28-17-8-4-2-3-5-9-17/h12-14,17,20-21H,2-11H2,1H3,(H2,26,27)(H,28,32)(H,29,30,31)/t20-,21+/m1/s1. The maximum Gasteiger partial charge on any atom is 0.289 e. The van der Waals surface area contributed by atoms with Crippen molar-refractivity contribution >= 4 is 40.1 Å². The van der Waals surface area contributed by atoms with E-state index in [-0.39, 0.29) is 29.9 Å². The fourth-order valence-electron chi connectivity index (χ4n) is 4.86. The summed E-state index contributed by atoms with van der Waals surface area (Å²) in [5.74, 6) is 1.19. The number of aromatic nitrogens is 2. The summed E-state index contributed by atoms with van der Waals surface area (Å²) in [4.78, 5) is 26.9. The molecule has 2 aromatic rings. The van der Waals surface area contributed by atoms with Gasteiger partial charge in [0.25, 0.3) is 5.91 Å². The number of rotatable bonds is 5. The molecule has 1 aromatic heterocycles. The molecule has 0 radical (unpaired) electrons. The fourth-order valence-corrected chi connectivity index (χ4v) is 5.03. The first-order chi connectivity index (χ1) is 15.5. The molecular formula is C24H33ClN6O. The quantitative estimate of drug-likeness (QED) is 0.339. The van der Waals surface area contributed by atoms with Gasteiger partial charge >= 0.3 is 0 Å². The van der Waals surface area contributed by atoms with Crippen molar-refractivity contribution in [2.45, 2.75) is 89.3 Å². The summed E-state index contributed by atoms with van der Waals surface area (Å²) >= 11 is 6.28. The van der Waals surface area contributed by atoms with Gasteiger partial charge in [-0.05, 0) is 50.8 Å². The van der Waals surface area contributed by atoms with Crippen LogP contribution in [0.3, 0.4) is 0 Å². The van der Waals surface area contributed by atoms with Gasteiger partial charge in [0.15, 0.2) is 0 Å². The van der Waals surface area contributed by atoms with Gasteiger partial charge in [0.2, 0.25) is 5.82 Å². The molecule has 32 heavy (non-hydrogen) atoms. The molecule has 2 fully saturated rings. The molecule has 0 aliphatic heterocycles. The summed E-state index contributed by atoms with van der Waals surface area (Å²) in [5, 5.41) is 8.14. The number of aliphatic imine (C=N–C) groups is 1. The van der Waals surface area contributed by atoms with Gasteiger partial charge in [-0.15, -0.1) is 0 Å². The van der Waals surface area contributed by atoms with E-state index in [1.54, 1.807) is 6.07 Å². The van der Waals surface area contributed by atoms with Crippen LogP contribution in [0.5, 0.6) is 0 Å². The average molecular weight is 457 g/mol. The van der Waals surface area contributed by atoms with Crippen LogP contribution in [0.2, 0.25) is 5.02 Å². The van der Waals surface area contributed by atoms with Crippen LogP contribution in [-0.4, -0.2) is 39.8 Å². The van der Waals surface area contributed by atoms with Gasteiger partial charge in [0.1, 0.15) is 5.82 Å². The summed E-state index contributed by atoms with van der Waals surface area (Å²) < 4.78 is 0. The van der Waals surface area contributed by atoms with Crippen molar-refractivity contribution in [1.82, 2.24) is 15.3 Å². The topological polar surface area (TPSA) is 105 Å². The molecular weight excluding hydrogens is 424 g/mol. The summed E-state index contributed by atoms with van der Waals surface area (Å²) in [7, 11) is 0. The molecule has 0 unspecified atom stereocenters. The van der Waals surface area contributed by atoms with E-state index in [4.69, 9.17) is 17.3 Å². The van der Waals surface area contributed by atoms with Crippen LogP contribution in [0.4, 0.5) is 5.82 Å². The molecule has 2 atom stereocenters. The first-order valence-corrected chi connectivity index (χ1v) is 12.2. The van der Waals surface area contributed by atoms with E-state index in [2.05, 4.69) is 25.6 Å². The summed E-state index contributed by atoms with van der Waals surface area (Å²) in [6.07, 6.45) is 11.0. The average Bonchev–Trinajstić information content (AvgIpc) is 3.03. The highest BCUT2D eigenvalue weighted by Gasteiger charge is 2.27. The van der Waals surface area contributed by atoms with Crippen molar-refractivity contribution in [2.75, 3.05) is 5.32 Å². The largest absolute Gasteiger partial charge is 0.388 e. The van der Waals surface area contributed by atoms with Gasteiger partial charge in [-0.1, -0.05) is 50.1 Å². The number of carbonyl (C=O) groups excluding carboxylic acids is 1. The third-order valence-electron chi connectivity index (χ3n) is 6.47. The zero-order valence-electron chi connectivity index (χ0n) is 18.7. The van der Waals surface area contributed by atoms with E-state index < -0.39 is 0 Å². The lowest BCUT2D eigenvalue weighted by atomic mass is 9.90. The number of amides is 1. The highest BCUT2D eigenvalue weighted by Crippen LogP contribution is 2.29. The first kappa shape index (κ1) is 22.8. The minimum atomic E-state index is -0.215. The number of halogens is 1. The zero-order valence-corrected chi connectivity index (χ0v) is 19.5. The number of amidine groups is 1. The Morgan fingerprint density at radius 3 is 2.53 bits per heavy atom. The Morgan fingerprint density at radius 2 is 1.78 bits per heavy atom. The second-order valence-electron chi connectivity index (χ2n) is 9.09. The number of anilines is 1. The van der Waals surface area contributed by atoms with Crippen LogP contribution in [0, 0.1) is 0 Å². The molecule has 4 N–H and O–H groups in total. The first-order valence-electron chi connectivity index (χ1n) is 11.8. The molecule has 0 saturated heterocycles. The maximum atomic E-state index is 13.1. The Balaban J connectivity index is 1.63. The van der Waals surface area contributed by atoms with Gasteiger partial charge in [-0.3, -0.25) is 9.79 Å². The number of nitrogens with zero attached hydrogens (tertiary/aromatic N) is 3. The molecule has 2 saturated carbocycles. The van der Waals surface area contributed by atoms with Gasteiger partial charge in [-0.2, -0.15) is 0 Å². The Labute approximate surface area is 194 Å². The minimum Gasteiger partial charge on any atom is -0.388 e. The van der Waals surface area contributed by atoms with E-state index in [0.29, 0.717) is 22.2 Å². The lowest BCUT2D eigenvalue weighted by Gasteiger charge is -2.30. The molecule has 7 nitrogen and oxygen atoms in total. The summed E-state index contributed by atoms with van der Waals surface area (Å²) in [6.45, 7) is 1.82. The number of fused-ring (bicyclic) bond motifs is 1. The van der Waals surface area contributed by atoms with Crippen LogP contribution in [0.1, 0.15) is 81.8 Å². The van der Waals surface area contributed by atoms with Gasteiger partial charge in [0, 0.05) is 22.5 Å². The Kier molecular flexibility index (Phi) is 7.45. The van der Waals surface area contributed by atoms with Crippen LogP contribution < -0.4 is 16.4 Å². The van der Waals surface area contributed by atoms with Crippen molar-refractivity contribution in [2.24, 2.45) is 10.7 Å². The minimum absolute atomic E-state index is 0.0845. The third-order valence-corrected chi connectivity index (χ3v) is 6.71. The fraction of sp³-hybridized carbons (Fsp3) is 0.583. The second kappa shape index (κ2) is 10.5. The van der Waals surface area contributed by atoms with Gasteiger partial charge < -0.3 is 16.4 Å². The normalized spacial score (nSPS) is 23.0. The maximum absolute atomic E-state index is 13.1. The molecule has 8 heteroatoms. The van der Waals surface area contributed by atoms with E-state index in [9.17, 15) is 4.79 Å². The van der Waals surface area contributed by atoms with Gasteiger partial charge in [0.05, 0.1) is 17.4 Å². The summed E-state index contributed by atoms with van der Waals surface area (Å²) in [5.41, 5.74) is 6.58. The van der Waals surface area contributed by atoms with Crippen molar-refractivity contribution in [3.63, 3.8) is 0 Å². The molecule has 0 bridgehead atoms. The number of nitrogens with one attached hydrogen (secondary N) is 2. The number of benzene rings is 1. The van der Waals surface area contributed by atoms with Crippen LogP contribution >= 0.6 is 11.6 Å². The van der Waals surface area contributed by atoms with E-state index in [0.717, 1.165) is 56.8 Å². The van der Waals surface area contributed by atoms with Crippen molar-refractivity contribution in [1.29, 1.82) is 0 Å². The highest BCUT2D eigenvalue weighted by atomic mass is 35.5. The lowest BCUT2D eigenvalue weighted by molar-refractivity contribution is 0.0923. The molecule has 172 valence electrons. The Hall–Kier alpha value is -2.41. The Morgan fingerprint density at radius 1 is 1.06 bits per heavy atom. The van der Waals surface area contributed by atoms with Crippen LogP contribution in [-0.2, 0) is 0 Å². The predicted octanol–water partition coefficient (Wildman–Crippen LogP) is 4.84. The molecule has 2 aliphatic rings. The van der Waals surface area contributed by atoms with Gasteiger partial charge in [-0.25, -0.2) is 9.97 Å². The zero-order chi connectivity index (χ0) is 22.5.